The van der Waals surface area contributed by atoms with Crippen molar-refractivity contribution in [3.63, 3.8) is 0 Å². The maximum Gasteiger partial charge on any atom is 0.246 e. The minimum Gasteiger partial charge on any atom is -0.378 e. The second-order valence-corrected chi connectivity index (χ2v) is 7.85. The van der Waals surface area contributed by atoms with E-state index in [0.29, 0.717) is 18.9 Å². The van der Waals surface area contributed by atoms with Crippen molar-refractivity contribution in [2.75, 3.05) is 43.1 Å². The summed E-state index contributed by atoms with van der Waals surface area (Å²) < 4.78 is 37.3. The van der Waals surface area contributed by atoms with Crippen molar-refractivity contribution in [1.82, 2.24) is 9.88 Å². The van der Waals surface area contributed by atoms with Crippen LogP contribution in [-0.4, -0.2) is 52.3 Å². The van der Waals surface area contributed by atoms with Gasteiger partial charge in [-0.3, -0.25) is 4.79 Å². The van der Waals surface area contributed by atoms with Gasteiger partial charge in [0.25, 0.3) is 0 Å². The molecular weight excluding hydrogens is 372 g/mol. The molecule has 3 rings (SSSR count). The lowest BCUT2D eigenvalue weighted by Crippen LogP contribution is -2.37. The Morgan fingerprint density at radius 3 is 2.59 bits per heavy atom. The molecule has 2 aromatic rings. The van der Waals surface area contributed by atoms with Crippen molar-refractivity contribution in [2.24, 2.45) is 0 Å². The van der Waals surface area contributed by atoms with Crippen LogP contribution in [0.4, 0.5) is 11.4 Å². The number of para-hydroxylation sites is 2. The van der Waals surface area contributed by atoms with Gasteiger partial charge in [0, 0.05) is 13.1 Å². The van der Waals surface area contributed by atoms with Gasteiger partial charge in [0.15, 0.2) is 5.76 Å². The first-order chi connectivity index (χ1) is 12.9. The van der Waals surface area contributed by atoms with Crippen LogP contribution in [0.25, 0.3) is 0 Å². The van der Waals surface area contributed by atoms with Gasteiger partial charge in [-0.05, 0) is 26.0 Å². The maximum absolute atomic E-state index is 12.4. The van der Waals surface area contributed by atoms with E-state index in [1.165, 1.54) is 13.8 Å². The number of morpholine rings is 1. The number of sulfonamides is 1. The molecule has 9 nitrogen and oxygen atoms in total. The minimum atomic E-state index is -3.89. The molecule has 10 heteroatoms. The van der Waals surface area contributed by atoms with Gasteiger partial charge < -0.3 is 19.5 Å². The number of nitrogens with zero attached hydrogens (tertiary/aromatic N) is 2. The topological polar surface area (TPSA) is 114 Å². The molecule has 2 N–H and O–H groups in total. The fourth-order valence-electron chi connectivity index (χ4n) is 2.94. The fourth-order valence-corrected chi connectivity index (χ4v) is 4.25. The Labute approximate surface area is 157 Å². The van der Waals surface area contributed by atoms with Gasteiger partial charge in [0.05, 0.1) is 31.1 Å². The lowest BCUT2D eigenvalue weighted by Gasteiger charge is -2.30. The maximum atomic E-state index is 12.4. The summed E-state index contributed by atoms with van der Waals surface area (Å²) in [6.07, 6.45) is 0. The molecule has 0 saturated carbocycles. The fraction of sp³-hybridized carbons (Fsp3) is 0.412. The van der Waals surface area contributed by atoms with Crippen LogP contribution in [0.3, 0.4) is 0 Å². The van der Waals surface area contributed by atoms with Crippen LogP contribution < -0.4 is 14.9 Å². The molecule has 0 unspecified atom stereocenters. The van der Waals surface area contributed by atoms with Gasteiger partial charge in [-0.15, -0.1) is 0 Å². The predicted molar refractivity (Wildman–Crippen MR) is 99.3 cm³/mol. The zero-order valence-electron chi connectivity index (χ0n) is 15.2. The second-order valence-electron chi connectivity index (χ2n) is 6.14. The van der Waals surface area contributed by atoms with Crippen LogP contribution >= 0.6 is 0 Å². The highest BCUT2D eigenvalue weighted by Gasteiger charge is 2.25. The van der Waals surface area contributed by atoms with Crippen LogP contribution in [0.15, 0.2) is 33.7 Å². The molecule has 27 heavy (non-hydrogen) atoms. The molecule has 1 fully saturated rings. The van der Waals surface area contributed by atoms with E-state index in [9.17, 15) is 13.2 Å². The number of amides is 1. The van der Waals surface area contributed by atoms with E-state index < -0.39 is 22.5 Å². The highest BCUT2D eigenvalue weighted by atomic mass is 32.2. The first kappa shape index (κ1) is 19.3. The number of carbonyl (C=O) groups is 1. The number of carbonyl (C=O) groups excluding carboxylic acids is 1. The van der Waals surface area contributed by atoms with Gasteiger partial charge in [-0.1, -0.05) is 17.3 Å². The van der Waals surface area contributed by atoms with Gasteiger partial charge in [-0.2, -0.15) is 0 Å². The van der Waals surface area contributed by atoms with E-state index in [1.807, 2.05) is 18.2 Å². The highest BCUT2D eigenvalue weighted by molar-refractivity contribution is 7.89. The van der Waals surface area contributed by atoms with Crippen LogP contribution in [0, 0.1) is 13.8 Å². The molecule has 1 aliphatic heterocycles. The predicted octanol–water partition coefficient (Wildman–Crippen LogP) is 1.05. The summed E-state index contributed by atoms with van der Waals surface area (Å²) in [5.74, 6) is -0.288. The third-order valence-corrected chi connectivity index (χ3v) is 5.83. The Balaban J connectivity index is 1.66. The monoisotopic (exact) mass is 394 g/mol. The third kappa shape index (κ3) is 4.46. The van der Waals surface area contributed by atoms with Crippen LogP contribution in [0.1, 0.15) is 11.5 Å². The number of aromatic nitrogens is 1. The standard InChI is InChI=1S/C17H22N4O5S/c1-12-17(13(2)26-20-12)27(23,24)18-11-16(22)19-14-5-3-4-6-15(14)21-7-9-25-10-8-21/h3-6,18H,7-11H2,1-2H3,(H,19,22). The first-order valence-electron chi connectivity index (χ1n) is 8.52. The van der Waals surface area contributed by atoms with Crippen molar-refractivity contribution in [3.05, 3.63) is 35.7 Å². The minimum absolute atomic E-state index is 0.0379. The Kier molecular flexibility index (Phi) is 5.78. The molecule has 1 aromatic heterocycles. The number of nitrogens with one attached hydrogen (secondary N) is 2. The summed E-state index contributed by atoms with van der Waals surface area (Å²) in [5, 5.41) is 6.40. The van der Waals surface area contributed by atoms with Crippen molar-refractivity contribution in [2.45, 2.75) is 18.7 Å². The van der Waals surface area contributed by atoms with Gasteiger partial charge >= 0.3 is 0 Å². The van der Waals surface area contributed by atoms with Crippen LogP contribution in [0.5, 0.6) is 0 Å². The number of ether oxygens (including phenoxy) is 1. The number of benzene rings is 1. The largest absolute Gasteiger partial charge is 0.378 e. The Morgan fingerprint density at radius 1 is 1.22 bits per heavy atom. The molecule has 0 radical (unpaired) electrons. The smallest absolute Gasteiger partial charge is 0.246 e. The van der Waals surface area contributed by atoms with Crippen LogP contribution in [0.2, 0.25) is 0 Å². The molecule has 0 spiro atoms. The summed E-state index contributed by atoms with van der Waals surface area (Å²) in [4.78, 5) is 14.4. The highest BCUT2D eigenvalue weighted by Crippen LogP contribution is 2.26. The van der Waals surface area contributed by atoms with Crippen molar-refractivity contribution in [1.29, 1.82) is 0 Å². The summed E-state index contributed by atoms with van der Waals surface area (Å²) in [5.41, 5.74) is 1.75. The molecular formula is C17H22N4O5S. The molecule has 0 bridgehead atoms. The molecule has 146 valence electrons. The summed E-state index contributed by atoms with van der Waals surface area (Å²) in [6.45, 7) is 5.34. The van der Waals surface area contributed by atoms with Gasteiger partial charge in [0.2, 0.25) is 15.9 Å². The van der Waals surface area contributed by atoms with Gasteiger partial charge in [0.1, 0.15) is 10.6 Å². The molecule has 0 aliphatic carbocycles. The Hall–Kier alpha value is -2.43. The van der Waals surface area contributed by atoms with E-state index in [2.05, 4.69) is 20.1 Å². The number of aryl methyl sites for hydroxylation is 2. The lowest BCUT2D eigenvalue weighted by atomic mass is 10.2. The number of rotatable bonds is 6. The number of hydrogen-bond donors (Lipinski definition) is 2. The average molecular weight is 394 g/mol. The number of anilines is 2. The lowest BCUT2D eigenvalue weighted by molar-refractivity contribution is -0.115. The normalized spacial score (nSPS) is 15.0. The summed E-state index contributed by atoms with van der Waals surface area (Å²) in [7, 11) is -3.89. The van der Waals surface area contributed by atoms with E-state index in [4.69, 9.17) is 9.26 Å². The molecule has 1 aromatic carbocycles. The van der Waals surface area contributed by atoms with Crippen molar-refractivity contribution < 1.29 is 22.5 Å². The van der Waals surface area contributed by atoms with E-state index in [0.717, 1.165) is 18.8 Å². The van der Waals surface area contributed by atoms with Crippen LogP contribution in [-0.2, 0) is 19.6 Å². The first-order valence-corrected chi connectivity index (χ1v) is 10.0. The van der Waals surface area contributed by atoms with E-state index in [-0.39, 0.29) is 16.3 Å². The zero-order chi connectivity index (χ0) is 19.4. The Morgan fingerprint density at radius 2 is 1.93 bits per heavy atom. The van der Waals surface area contributed by atoms with Crippen molar-refractivity contribution in [3.8, 4) is 0 Å². The van der Waals surface area contributed by atoms with Gasteiger partial charge in [-0.25, -0.2) is 13.1 Å². The zero-order valence-corrected chi connectivity index (χ0v) is 16.0. The summed E-state index contributed by atoms with van der Waals surface area (Å²) >= 11 is 0. The van der Waals surface area contributed by atoms with E-state index in [1.54, 1.807) is 6.07 Å². The Bertz CT molecular complexity index is 900. The third-order valence-electron chi connectivity index (χ3n) is 4.19. The van der Waals surface area contributed by atoms with Crippen molar-refractivity contribution >= 4 is 27.3 Å². The summed E-state index contributed by atoms with van der Waals surface area (Å²) in [6, 6.07) is 7.40. The quantitative estimate of drug-likeness (QED) is 0.753. The van der Waals surface area contributed by atoms with E-state index >= 15 is 0 Å². The average Bonchev–Trinajstić information content (AvgIpc) is 3.00. The molecule has 0 atom stereocenters. The number of hydrogen-bond acceptors (Lipinski definition) is 7. The molecule has 1 amide bonds. The molecule has 1 aliphatic rings. The molecule has 2 heterocycles. The molecule has 1 saturated heterocycles. The second kappa shape index (κ2) is 8.07. The SMILES string of the molecule is Cc1noc(C)c1S(=O)(=O)NCC(=O)Nc1ccccc1N1CCOCC1.